The third kappa shape index (κ3) is 3.31. The van der Waals surface area contributed by atoms with E-state index in [9.17, 15) is 0 Å². The summed E-state index contributed by atoms with van der Waals surface area (Å²) in [5, 5.41) is 11.0. The molecule has 0 atom stereocenters. The molecule has 0 aliphatic carbocycles. The van der Waals surface area contributed by atoms with E-state index in [1.54, 1.807) is 0 Å². The maximum absolute atomic E-state index is 5.17. The van der Waals surface area contributed by atoms with Gasteiger partial charge in [-0.15, -0.1) is 10.2 Å². The van der Waals surface area contributed by atoms with Crippen molar-refractivity contribution in [1.29, 1.82) is 0 Å². The summed E-state index contributed by atoms with van der Waals surface area (Å²) in [5.74, 6) is 0.546. The lowest BCUT2D eigenvalue weighted by molar-refractivity contribution is 0.443. The van der Waals surface area contributed by atoms with E-state index in [1.807, 2.05) is 24.3 Å². The van der Waals surface area contributed by atoms with Crippen molar-refractivity contribution < 1.29 is 4.42 Å². The average Bonchev–Trinajstić information content (AvgIpc) is 2.79. The van der Waals surface area contributed by atoms with Crippen LogP contribution in [0.15, 0.2) is 35.1 Å². The Balaban J connectivity index is 2.12. The fraction of sp³-hybridized carbons (Fsp3) is 0.385. The minimum absolute atomic E-state index is 0.250. The van der Waals surface area contributed by atoms with Gasteiger partial charge < -0.3 is 9.73 Å². The highest BCUT2D eigenvalue weighted by Gasteiger charge is 2.10. The summed E-state index contributed by atoms with van der Waals surface area (Å²) in [7, 11) is 0. The van der Waals surface area contributed by atoms with Crippen molar-refractivity contribution in [2.24, 2.45) is 5.41 Å². The van der Waals surface area contributed by atoms with Gasteiger partial charge in [-0.05, 0) is 23.6 Å². The van der Waals surface area contributed by atoms with E-state index in [-0.39, 0.29) is 5.41 Å². The molecule has 1 aromatic carbocycles. The molecule has 2 rings (SSSR count). The molecular formula is C13H17N3O. The Labute approximate surface area is 101 Å². The minimum Gasteiger partial charge on any atom is -0.423 e. The molecule has 0 saturated heterocycles. The number of anilines is 1. The second kappa shape index (κ2) is 4.57. The predicted octanol–water partition coefficient (Wildman–Crippen LogP) is 3.19. The van der Waals surface area contributed by atoms with E-state index in [4.69, 9.17) is 4.42 Å². The first kappa shape index (κ1) is 11.6. The lowest BCUT2D eigenvalue weighted by Gasteiger charge is -2.19. The highest BCUT2D eigenvalue weighted by atomic mass is 16.4. The Bertz CT molecular complexity index is 472. The summed E-state index contributed by atoms with van der Waals surface area (Å²) in [4.78, 5) is 0. The first-order valence-electron chi connectivity index (χ1n) is 5.65. The molecule has 1 heterocycles. The summed E-state index contributed by atoms with van der Waals surface area (Å²) < 4.78 is 5.17. The van der Waals surface area contributed by atoms with Crippen molar-refractivity contribution in [3.05, 3.63) is 30.7 Å². The van der Waals surface area contributed by atoms with Gasteiger partial charge in [0.1, 0.15) is 0 Å². The van der Waals surface area contributed by atoms with Crippen molar-refractivity contribution in [3.8, 4) is 11.5 Å². The zero-order valence-electron chi connectivity index (χ0n) is 10.4. The van der Waals surface area contributed by atoms with Crippen LogP contribution in [0.25, 0.3) is 11.5 Å². The van der Waals surface area contributed by atoms with Crippen LogP contribution in [0.4, 0.5) is 5.69 Å². The predicted molar refractivity (Wildman–Crippen MR) is 67.7 cm³/mol. The van der Waals surface area contributed by atoms with E-state index in [1.165, 1.54) is 6.39 Å². The maximum Gasteiger partial charge on any atom is 0.247 e. The maximum atomic E-state index is 5.17. The van der Waals surface area contributed by atoms with E-state index in [0.29, 0.717) is 5.89 Å². The summed E-state index contributed by atoms with van der Waals surface area (Å²) in [6, 6.07) is 7.98. The van der Waals surface area contributed by atoms with E-state index >= 15 is 0 Å². The van der Waals surface area contributed by atoms with Gasteiger partial charge >= 0.3 is 0 Å². The molecule has 1 N–H and O–H groups in total. The van der Waals surface area contributed by atoms with Gasteiger partial charge in [-0.3, -0.25) is 0 Å². The number of rotatable bonds is 3. The molecule has 0 spiro atoms. The summed E-state index contributed by atoms with van der Waals surface area (Å²) in [6.07, 6.45) is 1.34. The smallest absolute Gasteiger partial charge is 0.247 e. The van der Waals surface area contributed by atoms with Gasteiger partial charge in [0.15, 0.2) is 0 Å². The van der Waals surface area contributed by atoms with Crippen LogP contribution in [-0.2, 0) is 0 Å². The van der Waals surface area contributed by atoms with Gasteiger partial charge in [-0.25, -0.2) is 0 Å². The van der Waals surface area contributed by atoms with Crippen LogP contribution in [0.5, 0.6) is 0 Å². The van der Waals surface area contributed by atoms with Crippen LogP contribution >= 0.6 is 0 Å². The normalized spacial score (nSPS) is 11.5. The fourth-order valence-electron chi connectivity index (χ4n) is 1.43. The topological polar surface area (TPSA) is 51.0 Å². The van der Waals surface area contributed by atoms with Gasteiger partial charge in [-0.2, -0.15) is 0 Å². The molecular weight excluding hydrogens is 214 g/mol. The molecule has 17 heavy (non-hydrogen) atoms. The van der Waals surface area contributed by atoms with Crippen molar-refractivity contribution in [1.82, 2.24) is 10.2 Å². The van der Waals surface area contributed by atoms with E-state index in [0.717, 1.165) is 17.8 Å². The van der Waals surface area contributed by atoms with Crippen LogP contribution in [0.2, 0.25) is 0 Å². The second-order valence-corrected chi connectivity index (χ2v) is 5.24. The number of hydrogen-bond donors (Lipinski definition) is 1. The zero-order chi connectivity index (χ0) is 12.3. The lowest BCUT2D eigenvalue weighted by Crippen LogP contribution is -2.18. The quantitative estimate of drug-likeness (QED) is 0.881. The molecule has 0 fully saturated rings. The molecule has 1 aromatic heterocycles. The Morgan fingerprint density at radius 2 is 2.12 bits per heavy atom. The molecule has 0 aliphatic rings. The van der Waals surface area contributed by atoms with Gasteiger partial charge in [0, 0.05) is 17.8 Å². The highest BCUT2D eigenvalue weighted by Crippen LogP contribution is 2.21. The third-order valence-electron chi connectivity index (χ3n) is 2.29. The van der Waals surface area contributed by atoms with Crippen LogP contribution in [0.3, 0.4) is 0 Å². The third-order valence-corrected chi connectivity index (χ3v) is 2.29. The molecule has 4 nitrogen and oxygen atoms in total. The zero-order valence-corrected chi connectivity index (χ0v) is 10.4. The summed E-state index contributed by atoms with van der Waals surface area (Å²) >= 11 is 0. The van der Waals surface area contributed by atoms with Gasteiger partial charge in [-0.1, -0.05) is 26.8 Å². The van der Waals surface area contributed by atoms with Crippen LogP contribution in [0, 0.1) is 5.41 Å². The Morgan fingerprint density at radius 1 is 1.29 bits per heavy atom. The first-order chi connectivity index (χ1) is 8.04. The SMILES string of the molecule is CC(C)(C)CNc1cccc(-c2nnco2)c1. The van der Waals surface area contributed by atoms with Crippen molar-refractivity contribution in [2.75, 3.05) is 11.9 Å². The van der Waals surface area contributed by atoms with Gasteiger partial charge in [0.05, 0.1) is 0 Å². The Kier molecular flexibility index (Phi) is 3.13. The Hall–Kier alpha value is -1.84. The number of nitrogens with zero attached hydrogens (tertiary/aromatic N) is 2. The number of aromatic nitrogens is 2. The Morgan fingerprint density at radius 3 is 2.76 bits per heavy atom. The van der Waals surface area contributed by atoms with Crippen LogP contribution in [0.1, 0.15) is 20.8 Å². The average molecular weight is 231 g/mol. The van der Waals surface area contributed by atoms with Crippen molar-refractivity contribution in [2.45, 2.75) is 20.8 Å². The van der Waals surface area contributed by atoms with Crippen LogP contribution < -0.4 is 5.32 Å². The number of nitrogens with one attached hydrogen (secondary N) is 1. The molecule has 2 aromatic rings. The number of benzene rings is 1. The molecule has 90 valence electrons. The van der Waals surface area contributed by atoms with Crippen LogP contribution in [-0.4, -0.2) is 16.7 Å². The van der Waals surface area contributed by atoms with Gasteiger partial charge in [0.2, 0.25) is 12.3 Å². The lowest BCUT2D eigenvalue weighted by atomic mass is 9.97. The molecule has 0 unspecified atom stereocenters. The summed E-state index contributed by atoms with van der Waals surface area (Å²) in [6.45, 7) is 7.51. The standard InChI is InChI=1S/C13H17N3O/c1-13(2,3)8-14-11-6-4-5-10(7-11)12-16-15-9-17-12/h4-7,9,14H,8H2,1-3H3. The molecule has 0 aliphatic heterocycles. The van der Waals surface area contributed by atoms with E-state index in [2.05, 4.69) is 36.3 Å². The minimum atomic E-state index is 0.250. The molecule has 0 radical (unpaired) electrons. The highest BCUT2D eigenvalue weighted by molar-refractivity contribution is 5.60. The molecule has 0 saturated carbocycles. The van der Waals surface area contributed by atoms with Crippen molar-refractivity contribution >= 4 is 5.69 Å². The second-order valence-electron chi connectivity index (χ2n) is 5.24. The monoisotopic (exact) mass is 231 g/mol. The van der Waals surface area contributed by atoms with Gasteiger partial charge in [0.25, 0.3) is 0 Å². The summed E-state index contributed by atoms with van der Waals surface area (Å²) in [5.41, 5.74) is 2.25. The molecule has 0 bridgehead atoms. The largest absolute Gasteiger partial charge is 0.423 e. The molecule has 4 heteroatoms. The first-order valence-corrected chi connectivity index (χ1v) is 5.65. The number of hydrogen-bond acceptors (Lipinski definition) is 4. The van der Waals surface area contributed by atoms with Crippen molar-refractivity contribution in [3.63, 3.8) is 0 Å². The fourth-order valence-corrected chi connectivity index (χ4v) is 1.43. The van der Waals surface area contributed by atoms with E-state index < -0.39 is 0 Å². The molecule has 0 amide bonds.